The third kappa shape index (κ3) is 3.89. The summed E-state index contributed by atoms with van der Waals surface area (Å²) < 4.78 is 2.27. The molecular formula is C18H25N3O. The molecule has 4 nitrogen and oxygen atoms in total. The molecule has 1 saturated carbocycles. The molecule has 22 heavy (non-hydrogen) atoms. The minimum Gasteiger partial charge on any atom is -0.508 e. The Balaban J connectivity index is 1.70. The van der Waals surface area contributed by atoms with Crippen LogP contribution in [0.4, 0.5) is 0 Å². The van der Waals surface area contributed by atoms with Crippen molar-refractivity contribution < 1.29 is 5.11 Å². The number of nitrogens with zero attached hydrogens (tertiary/aromatic N) is 3. The molecule has 1 aromatic heterocycles. The maximum absolute atomic E-state index is 9.41. The summed E-state index contributed by atoms with van der Waals surface area (Å²) in [6, 6.07) is 8.25. The number of rotatable bonds is 7. The van der Waals surface area contributed by atoms with Gasteiger partial charge in [-0.05, 0) is 36.5 Å². The number of phenolic OH excluding ortho intramolecular Hbond substituents is 1. The van der Waals surface area contributed by atoms with E-state index in [0.717, 1.165) is 19.6 Å². The lowest BCUT2D eigenvalue weighted by atomic mass is 10.2. The van der Waals surface area contributed by atoms with Crippen LogP contribution in [0.25, 0.3) is 0 Å². The van der Waals surface area contributed by atoms with Crippen molar-refractivity contribution in [3.63, 3.8) is 0 Å². The van der Waals surface area contributed by atoms with E-state index in [4.69, 9.17) is 0 Å². The fourth-order valence-electron chi connectivity index (χ4n) is 2.84. The van der Waals surface area contributed by atoms with E-state index in [1.54, 1.807) is 12.1 Å². The lowest BCUT2D eigenvalue weighted by Crippen LogP contribution is -2.26. The summed E-state index contributed by atoms with van der Waals surface area (Å²) >= 11 is 0. The largest absolute Gasteiger partial charge is 0.508 e. The van der Waals surface area contributed by atoms with E-state index in [1.807, 2.05) is 24.7 Å². The van der Waals surface area contributed by atoms with E-state index in [2.05, 4.69) is 28.3 Å². The summed E-state index contributed by atoms with van der Waals surface area (Å²) in [7, 11) is 0. The SMILES string of the molecule is CC(C)Cn1cncc1CN(Cc1ccc(O)cc1)C1CC1. The summed E-state index contributed by atoms with van der Waals surface area (Å²) in [5.41, 5.74) is 2.54. The fraction of sp³-hybridized carbons (Fsp3) is 0.500. The number of hydrogen-bond acceptors (Lipinski definition) is 3. The molecular weight excluding hydrogens is 274 g/mol. The minimum atomic E-state index is 0.330. The Morgan fingerprint density at radius 2 is 1.95 bits per heavy atom. The Kier molecular flexibility index (Phi) is 4.48. The van der Waals surface area contributed by atoms with Crippen LogP contribution in [0.15, 0.2) is 36.8 Å². The van der Waals surface area contributed by atoms with Crippen molar-refractivity contribution in [3.8, 4) is 5.75 Å². The normalized spacial score (nSPS) is 14.9. The molecule has 0 amide bonds. The van der Waals surface area contributed by atoms with Crippen LogP contribution in [0.5, 0.6) is 5.75 Å². The van der Waals surface area contributed by atoms with E-state index >= 15 is 0 Å². The van der Waals surface area contributed by atoms with Gasteiger partial charge in [0.1, 0.15) is 5.75 Å². The summed E-state index contributed by atoms with van der Waals surface area (Å²) in [6.45, 7) is 7.36. The molecule has 4 heteroatoms. The molecule has 118 valence electrons. The molecule has 1 heterocycles. The second-order valence-corrected chi connectivity index (χ2v) is 6.73. The zero-order chi connectivity index (χ0) is 15.5. The van der Waals surface area contributed by atoms with E-state index in [0.29, 0.717) is 17.7 Å². The van der Waals surface area contributed by atoms with Crippen LogP contribution < -0.4 is 0 Å². The van der Waals surface area contributed by atoms with Crippen LogP contribution in [0.2, 0.25) is 0 Å². The highest BCUT2D eigenvalue weighted by Crippen LogP contribution is 2.30. The third-order valence-electron chi connectivity index (χ3n) is 4.11. The highest BCUT2D eigenvalue weighted by atomic mass is 16.3. The Labute approximate surface area is 132 Å². The first-order chi connectivity index (χ1) is 10.6. The number of hydrogen-bond donors (Lipinski definition) is 1. The Hall–Kier alpha value is -1.81. The molecule has 1 aliphatic rings. The molecule has 1 aromatic carbocycles. The molecule has 0 spiro atoms. The van der Waals surface area contributed by atoms with Gasteiger partial charge < -0.3 is 9.67 Å². The predicted octanol–water partition coefficient (Wildman–Crippen LogP) is 3.41. The van der Waals surface area contributed by atoms with E-state index < -0.39 is 0 Å². The molecule has 0 atom stereocenters. The predicted molar refractivity (Wildman–Crippen MR) is 87.4 cm³/mol. The number of aromatic hydroxyl groups is 1. The molecule has 1 N–H and O–H groups in total. The van der Waals surface area contributed by atoms with Crippen molar-refractivity contribution >= 4 is 0 Å². The van der Waals surface area contributed by atoms with Crippen LogP contribution in [0.1, 0.15) is 37.9 Å². The van der Waals surface area contributed by atoms with Gasteiger partial charge in [-0.15, -0.1) is 0 Å². The van der Waals surface area contributed by atoms with Gasteiger partial charge in [0.15, 0.2) is 0 Å². The first-order valence-corrected chi connectivity index (χ1v) is 8.13. The van der Waals surface area contributed by atoms with Gasteiger partial charge in [-0.2, -0.15) is 0 Å². The third-order valence-corrected chi connectivity index (χ3v) is 4.11. The first-order valence-electron chi connectivity index (χ1n) is 8.13. The van der Waals surface area contributed by atoms with Crippen LogP contribution >= 0.6 is 0 Å². The van der Waals surface area contributed by atoms with Crippen LogP contribution in [0.3, 0.4) is 0 Å². The molecule has 3 rings (SSSR count). The lowest BCUT2D eigenvalue weighted by molar-refractivity contribution is 0.238. The van der Waals surface area contributed by atoms with Crippen molar-refractivity contribution in [1.29, 1.82) is 0 Å². The minimum absolute atomic E-state index is 0.330. The van der Waals surface area contributed by atoms with Crippen molar-refractivity contribution in [3.05, 3.63) is 48.0 Å². The smallest absolute Gasteiger partial charge is 0.115 e. The van der Waals surface area contributed by atoms with Crippen LogP contribution in [-0.4, -0.2) is 25.6 Å². The van der Waals surface area contributed by atoms with Crippen molar-refractivity contribution in [2.75, 3.05) is 0 Å². The summed E-state index contributed by atoms with van der Waals surface area (Å²) in [6.07, 6.45) is 6.52. The van der Waals surface area contributed by atoms with Gasteiger partial charge in [0.25, 0.3) is 0 Å². The fourth-order valence-corrected chi connectivity index (χ4v) is 2.84. The number of phenols is 1. The quantitative estimate of drug-likeness (QED) is 0.852. The highest BCUT2D eigenvalue weighted by molar-refractivity contribution is 5.26. The average Bonchev–Trinajstić information content (AvgIpc) is 3.24. The van der Waals surface area contributed by atoms with Gasteiger partial charge in [0, 0.05) is 31.9 Å². The van der Waals surface area contributed by atoms with Gasteiger partial charge in [-0.25, -0.2) is 4.98 Å². The van der Waals surface area contributed by atoms with Gasteiger partial charge in [0.2, 0.25) is 0 Å². The summed E-state index contributed by atoms with van der Waals surface area (Å²) in [5.74, 6) is 0.955. The van der Waals surface area contributed by atoms with Crippen molar-refractivity contribution in [2.24, 2.45) is 5.92 Å². The molecule has 0 bridgehead atoms. The van der Waals surface area contributed by atoms with Gasteiger partial charge in [-0.3, -0.25) is 4.90 Å². The average molecular weight is 299 g/mol. The highest BCUT2D eigenvalue weighted by Gasteiger charge is 2.29. The Morgan fingerprint density at radius 3 is 2.59 bits per heavy atom. The zero-order valence-corrected chi connectivity index (χ0v) is 13.4. The van der Waals surface area contributed by atoms with Gasteiger partial charge in [-0.1, -0.05) is 26.0 Å². The number of imidazole rings is 1. The second-order valence-electron chi connectivity index (χ2n) is 6.73. The van der Waals surface area contributed by atoms with E-state index in [9.17, 15) is 5.11 Å². The maximum atomic E-state index is 9.41. The molecule has 0 aliphatic heterocycles. The van der Waals surface area contributed by atoms with E-state index in [-0.39, 0.29) is 0 Å². The first kappa shape index (κ1) is 15.1. The number of aromatic nitrogens is 2. The Bertz CT molecular complexity index is 599. The van der Waals surface area contributed by atoms with Gasteiger partial charge >= 0.3 is 0 Å². The van der Waals surface area contributed by atoms with Crippen LogP contribution in [0, 0.1) is 5.92 Å². The van der Waals surface area contributed by atoms with Crippen LogP contribution in [-0.2, 0) is 19.6 Å². The molecule has 0 unspecified atom stereocenters. The molecule has 0 radical (unpaired) electrons. The molecule has 1 aliphatic carbocycles. The molecule has 2 aromatic rings. The van der Waals surface area contributed by atoms with E-state index in [1.165, 1.54) is 24.1 Å². The molecule has 0 saturated heterocycles. The lowest BCUT2D eigenvalue weighted by Gasteiger charge is -2.23. The zero-order valence-electron chi connectivity index (χ0n) is 13.4. The number of benzene rings is 1. The second kappa shape index (κ2) is 6.53. The summed E-state index contributed by atoms with van der Waals surface area (Å²) in [5, 5.41) is 9.41. The monoisotopic (exact) mass is 299 g/mol. The van der Waals surface area contributed by atoms with Gasteiger partial charge in [0.05, 0.1) is 12.0 Å². The Morgan fingerprint density at radius 1 is 1.23 bits per heavy atom. The standard InChI is InChI=1S/C18H25N3O/c1-14(2)10-21-13-19-9-17(21)12-20(16-5-6-16)11-15-3-7-18(22)8-4-15/h3-4,7-9,13-14,16,22H,5-6,10-12H2,1-2H3. The maximum Gasteiger partial charge on any atom is 0.115 e. The topological polar surface area (TPSA) is 41.3 Å². The van der Waals surface area contributed by atoms with Crippen molar-refractivity contribution in [1.82, 2.24) is 14.5 Å². The summed E-state index contributed by atoms with van der Waals surface area (Å²) in [4.78, 5) is 6.86. The van der Waals surface area contributed by atoms with Crippen molar-refractivity contribution in [2.45, 2.75) is 52.4 Å². The molecule has 1 fully saturated rings.